The molecule has 2 aromatic rings. The number of nitrogens with zero attached hydrogens (tertiary/aromatic N) is 2. The van der Waals surface area contributed by atoms with Gasteiger partial charge in [0.2, 0.25) is 0 Å². The van der Waals surface area contributed by atoms with Crippen LogP contribution in [0.25, 0.3) is 0 Å². The normalized spacial score (nSPS) is 14.2. The first kappa shape index (κ1) is 16.9. The molecule has 0 unspecified atom stereocenters. The minimum absolute atomic E-state index is 0.0589. The number of hydrogen-bond donors (Lipinski definition) is 2. The van der Waals surface area contributed by atoms with Crippen LogP contribution in [0.1, 0.15) is 26.3 Å². The highest BCUT2D eigenvalue weighted by Crippen LogP contribution is 2.22. The van der Waals surface area contributed by atoms with Crippen LogP contribution in [0.2, 0.25) is 0 Å². The number of morpholine rings is 1. The number of anilines is 2. The largest absolute Gasteiger partial charge is 0.478 e. The molecule has 1 saturated heterocycles. The molecule has 1 amide bonds. The van der Waals surface area contributed by atoms with Crippen molar-refractivity contribution < 1.29 is 19.4 Å². The highest BCUT2D eigenvalue weighted by Gasteiger charge is 2.21. The topological polar surface area (TPSA) is 91.8 Å². The van der Waals surface area contributed by atoms with Crippen molar-refractivity contribution in [3.8, 4) is 0 Å². The lowest BCUT2D eigenvalue weighted by Gasteiger charge is -2.28. The maximum Gasteiger partial charge on any atom is 0.339 e. The highest BCUT2D eigenvalue weighted by molar-refractivity contribution is 6.05. The van der Waals surface area contributed by atoms with E-state index in [2.05, 4.69) is 10.3 Å². The molecule has 0 saturated carbocycles. The quantitative estimate of drug-likeness (QED) is 0.886. The number of aromatic nitrogens is 1. The lowest BCUT2D eigenvalue weighted by molar-refractivity contribution is 0.0695. The van der Waals surface area contributed by atoms with E-state index in [1.54, 1.807) is 12.1 Å². The van der Waals surface area contributed by atoms with Crippen LogP contribution in [-0.4, -0.2) is 48.3 Å². The Morgan fingerprint density at radius 2 is 1.88 bits per heavy atom. The zero-order valence-electron chi connectivity index (χ0n) is 13.9. The number of aromatic carboxylic acids is 1. The minimum atomic E-state index is -1.08. The van der Waals surface area contributed by atoms with E-state index in [9.17, 15) is 14.7 Å². The van der Waals surface area contributed by atoms with E-state index < -0.39 is 5.97 Å². The number of amides is 1. The highest BCUT2D eigenvalue weighted by atomic mass is 16.5. The number of aryl methyl sites for hydroxylation is 1. The average Bonchev–Trinajstić information content (AvgIpc) is 2.63. The molecule has 7 nitrogen and oxygen atoms in total. The molecule has 2 N–H and O–H groups in total. The molecule has 1 aromatic carbocycles. The van der Waals surface area contributed by atoms with Crippen LogP contribution >= 0.6 is 0 Å². The Morgan fingerprint density at radius 1 is 1.20 bits per heavy atom. The lowest BCUT2D eigenvalue weighted by atomic mass is 10.1. The van der Waals surface area contributed by atoms with Crippen molar-refractivity contribution in [2.75, 3.05) is 36.5 Å². The molecule has 0 bridgehead atoms. The standard InChI is InChI=1S/C18H19N3O4/c1-12-2-4-13(5-3-12)17(22)20-14-10-15(18(23)24)16(19-11-14)21-6-8-25-9-7-21/h2-5,10-11H,6-9H2,1H3,(H,20,22)(H,23,24). The van der Waals surface area contributed by atoms with Gasteiger partial charge in [-0.25, -0.2) is 9.78 Å². The first-order chi connectivity index (χ1) is 12.0. The number of carbonyl (C=O) groups is 2. The molecule has 1 aromatic heterocycles. The number of rotatable bonds is 4. The van der Waals surface area contributed by atoms with Crippen molar-refractivity contribution in [2.45, 2.75) is 6.92 Å². The zero-order chi connectivity index (χ0) is 17.8. The molecule has 1 aliphatic heterocycles. The number of carboxylic acids is 1. The molecule has 3 rings (SSSR count). The van der Waals surface area contributed by atoms with Gasteiger partial charge in [-0.15, -0.1) is 0 Å². The Labute approximate surface area is 145 Å². The number of carboxylic acid groups (broad SMARTS) is 1. The van der Waals surface area contributed by atoms with Crippen molar-refractivity contribution in [3.05, 3.63) is 53.2 Å². The summed E-state index contributed by atoms with van der Waals surface area (Å²) in [6.07, 6.45) is 1.48. The third-order valence-corrected chi connectivity index (χ3v) is 3.98. The van der Waals surface area contributed by atoms with Crippen LogP contribution < -0.4 is 10.2 Å². The Hall–Kier alpha value is -2.93. The molecule has 130 valence electrons. The van der Waals surface area contributed by atoms with E-state index in [1.165, 1.54) is 12.3 Å². The van der Waals surface area contributed by atoms with Gasteiger partial charge in [0.15, 0.2) is 0 Å². The van der Waals surface area contributed by atoms with Crippen molar-refractivity contribution >= 4 is 23.4 Å². The second kappa shape index (κ2) is 7.31. The Balaban J connectivity index is 1.82. The lowest BCUT2D eigenvalue weighted by Crippen LogP contribution is -2.37. The maximum absolute atomic E-state index is 12.3. The molecule has 0 aliphatic carbocycles. The zero-order valence-corrected chi connectivity index (χ0v) is 13.9. The van der Waals surface area contributed by atoms with E-state index in [1.807, 2.05) is 24.0 Å². The van der Waals surface area contributed by atoms with Crippen molar-refractivity contribution in [1.82, 2.24) is 4.98 Å². The molecule has 1 aliphatic rings. The van der Waals surface area contributed by atoms with Crippen molar-refractivity contribution in [2.24, 2.45) is 0 Å². The molecule has 0 radical (unpaired) electrons. The summed E-state index contributed by atoms with van der Waals surface area (Å²) in [7, 11) is 0. The van der Waals surface area contributed by atoms with E-state index in [4.69, 9.17) is 4.74 Å². The molecule has 0 atom stereocenters. The van der Waals surface area contributed by atoms with Gasteiger partial charge in [-0.05, 0) is 25.1 Å². The summed E-state index contributed by atoms with van der Waals surface area (Å²) in [5, 5.41) is 12.2. The fraction of sp³-hybridized carbons (Fsp3) is 0.278. The maximum atomic E-state index is 12.3. The second-order valence-corrected chi connectivity index (χ2v) is 5.82. The van der Waals surface area contributed by atoms with Crippen LogP contribution in [0.5, 0.6) is 0 Å². The van der Waals surface area contributed by atoms with E-state index in [-0.39, 0.29) is 11.5 Å². The number of ether oxygens (including phenoxy) is 1. The van der Waals surface area contributed by atoms with Gasteiger partial charge in [0.05, 0.1) is 25.1 Å². The van der Waals surface area contributed by atoms with Gasteiger partial charge in [0.1, 0.15) is 11.4 Å². The van der Waals surface area contributed by atoms with Gasteiger partial charge in [0, 0.05) is 18.7 Å². The monoisotopic (exact) mass is 341 g/mol. The molecule has 7 heteroatoms. The number of pyridine rings is 1. The van der Waals surface area contributed by atoms with Crippen LogP contribution in [0, 0.1) is 6.92 Å². The molecule has 2 heterocycles. The van der Waals surface area contributed by atoms with Gasteiger partial charge < -0.3 is 20.1 Å². The Bertz CT molecular complexity index is 783. The summed E-state index contributed by atoms with van der Waals surface area (Å²) < 4.78 is 5.28. The fourth-order valence-corrected chi connectivity index (χ4v) is 2.62. The molecule has 25 heavy (non-hydrogen) atoms. The predicted molar refractivity (Wildman–Crippen MR) is 93.4 cm³/mol. The summed E-state index contributed by atoms with van der Waals surface area (Å²) in [5.74, 6) is -0.998. The summed E-state index contributed by atoms with van der Waals surface area (Å²) >= 11 is 0. The van der Waals surface area contributed by atoms with Crippen molar-refractivity contribution in [1.29, 1.82) is 0 Å². The van der Waals surface area contributed by atoms with Gasteiger partial charge >= 0.3 is 5.97 Å². The number of hydrogen-bond acceptors (Lipinski definition) is 5. The van der Waals surface area contributed by atoms with Crippen LogP contribution in [0.3, 0.4) is 0 Å². The van der Waals surface area contributed by atoms with Crippen LogP contribution in [-0.2, 0) is 4.74 Å². The first-order valence-electron chi connectivity index (χ1n) is 7.98. The van der Waals surface area contributed by atoms with Crippen molar-refractivity contribution in [3.63, 3.8) is 0 Å². The van der Waals surface area contributed by atoms with Gasteiger partial charge in [-0.1, -0.05) is 17.7 Å². The second-order valence-electron chi connectivity index (χ2n) is 5.82. The van der Waals surface area contributed by atoms with E-state index >= 15 is 0 Å². The summed E-state index contributed by atoms with van der Waals surface area (Å²) in [5.41, 5.74) is 1.96. The fourth-order valence-electron chi connectivity index (χ4n) is 2.62. The molecule has 0 spiro atoms. The van der Waals surface area contributed by atoms with Crippen LogP contribution in [0.4, 0.5) is 11.5 Å². The summed E-state index contributed by atoms with van der Waals surface area (Å²) in [6, 6.07) is 8.57. The van der Waals surface area contributed by atoms with E-state index in [0.717, 1.165) is 5.56 Å². The van der Waals surface area contributed by atoms with Crippen LogP contribution in [0.15, 0.2) is 36.5 Å². The molecular formula is C18H19N3O4. The number of benzene rings is 1. The minimum Gasteiger partial charge on any atom is -0.478 e. The summed E-state index contributed by atoms with van der Waals surface area (Å²) in [6.45, 7) is 4.18. The van der Waals surface area contributed by atoms with Gasteiger partial charge in [-0.3, -0.25) is 4.79 Å². The van der Waals surface area contributed by atoms with Gasteiger partial charge in [-0.2, -0.15) is 0 Å². The number of carbonyl (C=O) groups excluding carboxylic acids is 1. The predicted octanol–water partition coefficient (Wildman–Crippen LogP) is 2.18. The third-order valence-electron chi connectivity index (χ3n) is 3.98. The Morgan fingerprint density at radius 3 is 2.52 bits per heavy atom. The molecule has 1 fully saturated rings. The summed E-state index contributed by atoms with van der Waals surface area (Å²) in [4.78, 5) is 30.0. The van der Waals surface area contributed by atoms with Gasteiger partial charge in [0.25, 0.3) is 5.91 Å². The third kappa shape index (κ3) is 3.95. The first-order valence-corrected chi connectivity index (χ1v) is 7.98. The Kier molecular flexibility index (Phi) is 4.95. The smallest absolute Gasteiger partial charge is 0.339 e. The number of nitrogens with one attached hydrogen (secondary N) is 1. The van der Waals surface area contributed by atoms with E-state index in [0.29, 0.717) is 43.4 Å². The molecular weight excluding hydrogens is 322 g/mol. The SMILES string of the molecule is Cc1ccc(C(=O)Nc2cnc(N3CCOCC3)c(C(=O)O)c2)cc1. The average molecular weight is 341 g/mol.